The SMILES string of the molecule is COc1ccc(-n2nc(CN)cc2-c2ccc(F)cc2)cc1. The molecule has 4 nitrogen and oxygen atoms in total. The quantitative estimate of drug-likeness (QED) is 0.805. The van der Waals surface area contributed by atoms with Gasteiger partial charge in [0.05, 0.1) is 24.2 Å². The molecule has 0 atom stereocenters. The van der Waals surface area contributed by atoms with E-state index in [-0.39, 0.29) is 5.82 Å². The average molecular weight is 297 g/mol. The highest BCUT2D eigenvalue weighted by Crippen LogP contribution is 2.25. The third-order valence-electron chi connectivity index (χ3n) is 3.43. The van der Waals surface area contributed by atoms with E-state index < -0.39 is 0 Å². The molecule has 0 spiro atoms. The van der Waals surface area contributed by atoms with Gasteiger partial charge in [-0.05, 0) is 54.6 Å². The molecular formula is C17H16FN3O. The van der Waals surface area contributed by atoms with Gasteiger partial charge in [-0.1, -0.05) is 0 Å². The fourth-order valence-corrected chi connectivity index (χ4v) is 2.28. The van der Waals surface area contributed by atoms with E-state index in [4.69, 9.17) is 10.5 Å². The number of rotatable bonds is 4. The van der Waals surface area contributed by atoms with Crippen molar-refractivity contribution in [2.45, 2.75) is 6.54 Å². The first-order chi connectivity index (χ1) is 10.7. The Kier molecular flexibility index (Phi) is 3.89. The number of nitrogens with two attached hydrogens (primary N) is 1. The predicted octanol–water partition coefficient (Wildman–Crippen LogP) is 3.15. The van der Waals surface area contributed by atoms with E-state index >= 15 is 0 Å². The Labute approximate surface area is 128 Å². The molecule has 0 bridgehead atoms. The van der Waals surface area contributed by atoms with Crippen molar-refractivity contribution in [3.05, 3.63) is 66.1 Å². The summed E-state index contributed by atoms with van der Waals surface area (Å²) in [5, 5.41) is 4.51. The molecular weight excluding hydrogens is 281 g/mol. The third kappa shape index (κ3) is 2.71. The summed E-state index contributed by atoms with van der Waals surface area (Å²) in [6, 6.07) is 15.8. The van der Waals surface area contributed by atoms with Crippen molar-refractivity contribution in [1.29, 1.82) is 0 Å². The van der Waals surface area contributed by atoms with Crippen LogP contribution in [0.4, 0.5) is 4.39 Å². The van der Waals surface area contributed by atoms with Gasteiger partial charge in [0, 0.05) is 12.1 Å². The molecule has 3 rings (SSSR count). The summed E-state index contributed by atoms with van der Waals surface area (Å²) >= 11 is 0. The first-order valence-corrected chi connectivity index (χ1v) is 6.90. The van der Waals surface area contributed by atoms with Crippen molar-refractivity contribution in [2.75, 3.05) is 7.11 Å². The minimum Gasteiger partial charge on any atom is -0.497 e. The molecule has 0 saturated carbocycles. The van der Waals surface area contributed by atoms with Crippen LogP contribution in [-0.4, -0.2) is 16.9 Å². The molecule has 112 valence electrons. The van der Waals surface area contributed by atoms with Crippen LogP contribution in [0.25, 0.3) is 16.9 Å². The summed E-state index contributed by atoms with van der Waals surface area (Å²) in [5.41, 5.74) is 9.11. The first-order valence-electron chi connectivity index (χ1n) is 6.90. The standard InChI is InChI=1S/C17H16FN3O/c1-22-16-8-6-15(7-9-16)21-17(10-14(11-19)20-21)12-2-4-13(18)5-3-12/h2-10H,11,19H2,1H3. The van der Waals surface area contributed by atoms with Gasteiger partial charge in [0.1, 0.15) is 11.6 Å². The zero-order valence-corrected chi connectivity index (χ0v) is 12.2. The molecule has 2 aromatic carbocycles. The maximum atomic E-state index is 13.1. The van der Waals surface area contributed by atoms with Gasteiger partial charge in [-0.25, -0.2) is 9.07 Å². The number of hydrogen-bond acceptors (Lipinski definition) is 3. The highest BCUT2D eigenvalue weighted by Gasteiger charge is 2.11. The zero-order chi connectivity index (χ0) is 15.5. The van der Waals surface area contributed by atoms with Crippen LogP contribution in [0.5, 0.6) is 5.75 Å². The largest absolute Gasteiger partial charge is 0.497 e. The second kappa shape index (κ2) is 5.99. The van der Waals surface area contributed by atoms with Crippen LogP contribution < -0.4 is 10.5 Å². The smallest absolute Gasteiger partial charge is 0.123 e. The number of benzene rings is 2. The molecule has 1 heterocycles. The van der Waals surface area contributed by atoms with Crippen LogP contribution in [-0.2, 0) is 6.54 Å². The number of ether oxygens (including phenoxy) is 1. The Morgan fingerprint density at radius 1 is 1.09 bits per heavy atom. The molecule has 0 aliphatic carbocycles. The third-order valence-corrected chi connectivity index (χ3v) is 3.43. The minimum absolute atomic E-state index is 0.265. The summed E-state index contributed by atoms with van der Waals surface area (Å²) < 4.78 is 20.1. The molecule has 0 saturated heterocycles. The number of aromatic nitrogens is 2. The van der Waals surface area contributed by atoms with Gasteiger partial charge < -0.3 is 10.5 Å². The van der Waals surface area contributed by atoms with Gasteiger partial charge in [-0.2, -0.15) is 5.10 Å². The van der Waals surface area contributed by atoms with Crippen LogP contribution in [0.3, 0.4) is 0 Å². The molecule has 22 heavy (non-hydrogen) atoms. The minimum atomic E-state index is -0.265. The number of nitrogens with zero attached hydrogens (tertiary/aromatic N) is 2. The highest BCUT2D eigenvalue weighted by molar-refractivity contribution is 5.62. The van der Waals surface area contributed by atoms with E-state index in [1.807, 2.05) is 30.3 Å². The molecule has 5 heteroatoms. The summed E-state index contributed by atoms with van der Waals surface area (Å²) in [7, 11) is 1.62. The van der Waals surface area contributed by atoms with Crippen LogP contribution in [0, 0.1) is 5.82 Å². The van der Waals surface area contributed by atoms with E-state index in [1.165, 1.54) is 12.1 Å². The molecule has 0 aliphatic heterocycles. The van der Waals surface area contributed by atoms with Crippen molar-refractivity contribution in [2.24, 2.45) is 5.73 Å². The second-order valence-electron chi connectivity index (χ2n) is 4.84. The van der Waals surface area contributed by atoms with E-state index in [1.54, 1.807) is 23.9 Å². The Balaban J connectivity index is 2.09. The van der Waals surface area contributed by atoms with Gasteiger partial charge in [0.25, 0.3) is 0 Å². The summed E-state index contributed by atoms with van der Waals surface area (Å²) in [6.45, 7) is 0.345. The molecule has 2 N–H and O–H groups in total. The average Bonchev–Trinajstić information content (AvgIpc) is 3.00. The molecule has 1 aromatic heterocycles. The van der Waals surface area contributed by atoms with Crippen LogP contribution in [0.15, 0.2) is 54.6 Å². The van der Waals surface area contributed by atoms with Gasteiger partial charge in [0.2, 0.25) is 0 Å². The number of halogens is 1. The maximum Gasteiger partial charge on any atom is 0.123 e. The molecule has 3 aromatic rings. The lowest BCUT2D eigenvalue weighted by atomic mass is 10.1. The summed E-state index contributed by atoms with van der Waals surface area (Å²) in [4.78, 5) is 0. The van der Waals surface area contributed by atoms with Gasteiger partial charge in [0.15, 0.2) is 0 Å². The van der Waals surface area contributed by atoms with Gasteiger partial charge in [-0.15, -0.1) is 0 Å². The Morgan fingerprint density at radius 3 is 2.36 bits per heavy atom. The normalized spacial score (nSPS) is 10.7. The topological polar surface area (TPSA) is 53.1 Å². The first kappa shape index (κ1) is 14.3. The van der Waals surface area contributed by atoms with Crippen molar-refractivity contribution in [3.8, 4) is 22.7 Å². The van der Waals surface area contributed by atoms with Crippen LogP contribution in [0.1, 0.15) is 5.69 Å². The van der Waals surface area contributed by atoms with E-state index in [2.05, 4.69) is 5.10 Å². The lowest BCUT2D eigenvalue weighted by Crippen LogP contribution is -2.02. The highest BCUT2D eigenvalue weighted by atomic mass is 19.1. The fraction of sp³-hybridized carbons (Fsp3) is 0.118. The zero-order valence-electron chi connectivity index (χ0n) is 12.2. The monoisotopic (exact) mass is 297 g/mol. The van der Waals surface area contributed by atoms with Gasteiger partial charge >= 0.3 is 0 Å². The van der Waals surface area contributed by atoms with Gasteiger partial charge in [-0.3, -0.25) is 0 Å². The number of methoxy groups -OCH3 is 1. The van der Waals surface area contributed by atoms with E-state index in [0.29, 0.717) is 6.54 Å². The molecule has 0 amide bonds. The molecule has 0 unspecified atom stereocenters. The van der Waals surface area contributed by atoms with E-state index in [9.17, 15) is 4.39 Å². The van der Waals surface area contributed by atoms with Crippen LogP contribution in [0.2, 0.25) is 0 Å². The summed E-state index contributed by atoms with van der Waals surface area (Å²) in [5.74, 6) is 0.511. The fourth-order valence-electron chi connectivity index (χ4n) is 2.28. The Hall–Kier alpha value is -2.66. The molecule has 0 fully saturated rings. The molecule has 0 radical (unpaired) electrons. The van der Waals surface area contributed by atoms with E-state index in [0.717, 1.165) is 28.4 Å². The lowest BCUT2D eigenvalue weighted by molar-refractivity contribution is 0.414. The number of hydrogen-bond donors (Lipinski definition) is 1. The molecule has 0 aliphatic rings. The maximum absolute atomic E-state index is 13.1. The Morgan fingerprint density at radius 2 is 1.77 bits per heavy atom. The summed E-state index contributed by atoms with van der Waals surface area (Å²) in [6.07, 6.45) is 0. The van der Waals surface area contributed by atoms with Crippen molar-refractivity contribution in [3.63, 3.8) is 0 Å². The lowest BCUT2D eigenvalue weighted by Gasteiger charge is -2.08. The van der Waals surface area contributed by atoms with Crippen molar-refractivity contribution >= 4 is 0 Å². The Bertz CT molecular complexity index is 764. The predicted molar refractivity (Wildman–Crippen MR) is 83.4 cm³/mol. The van der Waals surface area contributed by atoms with Crippen molar-refractivity contribution in [1.82, 2.24) is 9.78 Å². The second-order valence-corrected chi connectivity index (χ2v) is 4.84. The van der Waals surface area contributed by atoms with Crippen molar-refractivity contribution < 1.29 is 9.13 Å². The van der Waals surface area contributed by atoms with Crippen LogP contribution >= 0.6 is 0 Å².